The molecule has 0 aliphatic carbocycles. The van der Waals surface area contributed by atoms with Gasteiger partial charge in [0.1, 0.15) is 11.6 Å². The monoisotopic (exact) mass is 250 g/mol. The van der Waals surface area contributed by atoms with E-state index >= 15 is 0 Å². The SMILES string of the molecule is Fc1ccc(Nc2ccc(CCCl)cc2)nc1. The van der Waals surface area contributed by atoms with E-state index in [1.165, 1.54) is 17.8 Å². The second kappa shape index (κ2) is 5.64. The molecule has 0 bridgehead atoms. The Hall–Kier alpha value is -1.61. The Morgan fingerprint density at radius 3 is 2.47 bits per heavy atom. The summed E-state index contributed by atoms with van der Waals surface area (Å²) >= 11 is 5.66. The smallest absolute Gasteiger partial charge is 0.141 e. The maximum absolute atomic E-state index is 12.7. The summed E-state index contributed by atoms with van der Waals surface area (Å²) < 4.78 is 12.7. The van der Waals surface area contributed by atoms with Crippen molar-refractivity contribution in [1.82, 2.24) is 4.98 Å². The quantitative estimate of drug-likeness (QED) is 0.836. The topological polar surface area (TPSA) is 24.9 Å². The van der Waals surface area contributed by atoms with Crippen molar-refractivity contribution in [2.24, 2.45) is 0 Å². The number of halogens is 2. The standard InChI is InChI=1S/C13H12ClFN2/c14-8-7-10-1-4-12(5-2-10)17-13-6-3-11(15)9-16-13/h1-6,9H,7-8H2,(H,16,17). The molecule has 4 heteroatoms. The van der Waals surface area contributed by atoms with Crippen LogP contribution in [0, 0.1) is 5.82 Å². The average Bonchev–Trinajstić information content (AvgIpc) is 2.35. The fraction of sp³-hybridized carbons (Fsp3) is 0.154. The van der Waals surface area contributed by atoms with Gasteiger partial charge in [0.2, 0.25) is 0 Å². The van der Waals surface area contributed by atoms with E-state index in [2.05, 4.69) is 10.3 Å². The molecule has 0 saturated carbocycles. The first-order valence-corrected chi connectivity index (χ1v) is 5.85. The summed E-state index contributed by atoms with van der Waals surface area (Å²) in [6.45, 7) is 0. The van der Waals surface area contributed by atoms with Crippen LogP contribution in [0.15, 0.2) is 42.6 Å². The zero-order chi connectivity index (χ0) is 12.1. The van der Waals surface area contributed by atoms with Gasteiger partial charge >= 0.3 is 0 Å². The van der Waals surface area contributed by atoms with Crippen LogP contribution in [0.5, 0.6) is 0 Å². The van der Waals surface area contributed by atoms with Crippen LogP contribution < -0.4 is 5.32 Å². The number of nitrogens with one attached hydrogen (secondary N) is 1. The highest BCUT2D eigenvalue weighted by Crippen LogP contribution is 2.15. The first-order chi connectivity index (χ1) is 8.28. The summed E-state index contributed by atoms with van der Waals surface area (Å²) in [5, 5.41) is 3.09. The van der Waals surface area contributed by atoms with Crippen LogP contribution in [-0.4, -0.2) is 10.9 Å². The first-order valence-electron chi connectivity index (χ1n) is 5.31. The molecule has 88 valence electrons. The minimum atomic E-state index is -0.340. The first kappa shape index (κ1) is 11.9. The molecule has 2 aromatic rings. The van der Waals surface area contributed by atoms with Gasteiger partial charge in [-0.3, -0.25) is 0 Å². The summed E-state index contributed by atoms with van der Waals surface area (Å²) in [4.78, 5) is 3.93. The van der Waals surface area contributed by atoms with Crippen LogP contribution in [0.25, 0.3) is 0 Å². The lowest BCUT2D eigenvalue weighted by Crippen LogP contribution is -1.94. The molecular formula is C13H12ClFN2. The molecule has 17 heavy (non-hydrogen) atoms. The molecule has 0 aliphatic rings. The Morgan fingerprint density at radius 1 is 1.12 bits per heavy atom. The molecule has 0 atom stereocenters. The largest absolute Gasteiger partial charge is 0.340 e. The number of nitrogens with zero attached hydrogens (tertiary/aromatic N) is 1. The molecule has 0 saturated heterocycles. The van der Waals surface area contributed by atoms with E-state index in [0.717, 1.165) is 12.1 Å². The number of alkyl halides is 1. The summed E-state index contributed by atoms with van der Waals surface area (Å²) in [5.41, 5.74) is 2.11. The minimum Gasteiger partial charge on any atom is -0.340 e. The van der Waals surface area contributed by atoms with Crippen molar-refractivity contribution in [3.05, 3.63) is 54.0 Å². The Bertz CT molecular complexity index is 468. The van der Waals surface area contributed by atoms with Gasteiger partial charge in [0.05, 0.1) is 6.20 Å². The summed E-state index contributed by atoms with van der Waals surface area (Å²) in [6.07, 6.45) is 2.04. The molecule has 1 N–H and O–H groups in total. The van der Waals surface area contributed by atoms with Crippen molar-refractivity contribution in [2.45, 2.75) is 6.42 Å². The van der Waals surface area contributed by atoms with E-state index < -0.39 is 0 Å². The number of anilines is 2. The number of pyridine rings is 1. The van der Waals surface area contributed by atoms with Crippen LogP contribution in [0.2, 0.25) is 0 Å². The van der Waals surface area contributed by atoms with E-state index in [1.807, 2.05) is 24.3 Å². The van der Waals surface area contributed by atoms with E-state index in [-0.39, 0.29) is 5.82 Å². The van der Waals surface area contributed by atoms with Crippen LogP contribution >= 0.6 is 11.6 Å². The van der Waals surface area contributed by atoms with Gasteiger partial charge in [-0.1, -0.05) is 12.1 Å². The van der Waals surface area contributed by atoms with E-state index in [1.54, 1.807) is 6.07 Å². The fourth-order valence-electron chi connectivity index (χ4n) is 1.46. The molecule has 0 radical (unpaired) electrons. The van der Waals surface area contributed by atoms with Gasteiger partial charge in [0.15, 0.2) is 0 Å². The lowest BCUT2D eigenvalue weighted by Gasteiger charge is -2.06. The summed E-state index contributed by atoms with van der Waals surface area (Å²) in [5.74, 6) is 0.899. The van der Waals surface area contributed by atoms with Gasteiger partial charge in [-0.2, -0.15) is 0 Å². The van der Waals surface area contributed by atoms with Gasteiger partial charge in [-0.05, 0) is 36.2 Å². The van der Waals surface area contributed by atoms with Crippen LogP contribution in [0.4, 0.5) is 15.9 Å². The lowest BCUT2D eigenvalue weighted by molar-refractivity contribution is 0.622. The second-order valence-corrected chi connectivity index (χ2v) is 4.00. The third-order valence-electron chi connectivity index (χ3n) is 2.34. The number of aromatic nitrogens is 1. The average molecular weight is 251 g/mol. The lowest BCUT2D eigenvalue weighted by atomic mass is 10.1. The molecule has 2 rings (SSSR count). The highest BCUT2D eigenvalue weighted by Gasteiger charge is 1.97. The Kier molecular flexibility index (Phi) is 3.94. The zero-order valence-electron chi connectivity index (χ0n) is 9.16. The maximum atomic E-state index is 12.7. The molecule has 1 aromatic carbocycles. The molecule has 0 fully saturated rings. The number of hydrogen-bond donors (Lipinski definition) is 1. The molecule has 1 aromatic heterocycles. The van der Waals surface area contributed by atoms with Gasteiger partial charge in [-0.25, -0.2) is 9.37 Å². The third kappa shape index (κ3) is 3.43. The second-order valence-electron chi connectivity index (χ2n) is 3.62. The van der Waals surface area contributed by atoms with E-state index in [4.69, 9.17) is 11.6 Å². The Balaban J connectivity index is 2.05. The summed E-state index contributed by atoms with van der Waals surface area (Å²) in [7, 11) is 0. The van der Waals surface area contributed by atoms with Crippen LogP contribution in [0.3, 0.4) is 0 Å². The summed E-state index contributed by atoms with van der Waals surface area (Å²) in [6, 6.07) is 10.9. The van der Waals surface area contributed by atoms with Crippen molar-refractivity contribution in [3.63, 3.8) is 0 Å². The van der Waals surface area contributed by atoms with Gasteiger partial charge in [0.25, 0.3) is 0 Å². The molecule has 1 heterocycles. The molecule has 2 nitrogen and oxygen atoms in total. The Morgan fingerprint density at radius 2 is 1.88 bits per heavy atom. The number of hydrogen-bond acceptors (Lipinski definition) is 2. The van der Waals surface area contributed by atoms with Gasteiger partial charge < -0.3 is 5.32 Å². The van der Waals surface area contributed by atoms with Crippen molar-refractivity contribution >= 4 is 23.1 Å². The van der Waals surface area contributed by atoms with Gasteiger partial charge in [0, 0.05) is 11.6 Å². The molecule has 0 unspecified atom stereocenters. The van der Waals surface area contributed by atoms with Crippen molar-refractivity contribution in [1.29, 1.82) is 0 Å². The Labute approximate surface area is 104 Å². The molecule has 0 amide bonds. The van der Waals surface area contributed by atoms with E-state index in [0.29, 0.717) is 11.7 Å². The number of aryl methyl sites for hydroxylation is 1. The van der Waals surface area contributed by atoms with E-state index in [9.17, 15) is 4.39 Å². The number of rotatable bonds is 4. The van der Waals surface area contributed by atoms with Crippen molar-refractivity contribution < 1.29 is 4.39 Å². The highest BCUT2D eigenvalue weighted by molar-refractivity contribution is 6.17. The number of benzene rings is 1. The van der Waals surface area contributed by atoms with Gasteiger partial charge in [-0.15, -0.1) is 11.6 Å². The van der Waals surface area contributed by atoms with Crippen LogP contribution in [0.1, 0.15) is 5.56 Å². The fourth-order valence-corrected chi connectivity index (χ4v) is 1.68. The highest BCUT2D eigenvalue weighted by atomic mass is 35.5. The predicted molar refractivity (Wildman–Crippen MR) is 68.3 cm³/mol. The van der Waals surface area contributed by atoms with Crippen molar-refractivity contribution in [2.75, 3.05) is 11.2 Å². The minimum absolute atomic E-state index is 0.340. The molecular weight excluding hydrogens is 239 g/mol. The normalized spacial score (nSPS) is 10.2. The molecule has 0 aliphatic heterocycles. The van der Waals surface area contributed by atoms with Crippen LogP contribution in [-0.2, 0) is 6.42 Å². The van der Waals surface area contributed by atoms with Crippen molar-refractivity contribution in [3.8, 4) is 0 Å². The zero-order valence-corrected chi connectivity index (χ0v) is 9.91. The molecule has 0 spiro atoms. The third-order valence-corrected chi connectivity index (χ3v) is 2.53. The maximum Gasteiger partial charge on any atom is 0.141 e. The predicted octanol–water partition coefficient (Wildman–Crippen LogP) is 3.75.